The lowest BCUT2D eigenvalue weighted by atomic mass is 10.0. The van der Waals surface area contributed by atoms with E-state index in [2.05, 4.69) is 0 Å². The Balaban J connectivity index is 2.11. The molecule has 0 saturated carbocycles. The van der Waals surface area contributed by atoms with Gasteiger partial charge in [-0.1, -0.05) is 30.3 Å². The van der Waals surface area contributed by atoms with Gasteiger partial charge in [-0.25, -0.2) is 0 Å². The van der Waals surface area contributed by atoms with Gasteiger partial charge in [0.05, 0.1) is 5.39 Å². The Hall–Kier alpha value is -2.62. The van der Waals surface area contributed by atoms with E-state index in [1.54, 1.807) is 0 Å². The Labute approximate surface area is 127 Å². The van der Waals surface area contributed by atoms with Gasteiger partial charge in [0.2, 0.25) is 11.3 Å². The molecule has 1 saturated heterocycles. The second-order valence-electron chi connectivity index (χ2n) is 5.62. The van der Waals surface area contributed by atoms with Gasteiger partial charge in [-0.15, -0.1) is 0 Å². The zero-order chi connectivity index (χ0) is 15.1. The summed E-state index contributed by atoms with van der Waals surface area (Å²) in [5.41, 5.74) is 0.428. The van der Waals surface area contributed by atoms with E-state index in [-0.39, 0.29) is 11.0 Å². The van der Waals surface area contributed by atoms with E-state index < -0.39 is 0 Å². The van der Waals surface area contributed by atoms with Gasteiger partial charge in [0.1, 0.15) is 11.1 Å². The number of carbonyl (C=O) groups is 1. The van der Waals surface area contributed by atoms with Gasteiger partial charge in [0, 0.05) is 13.1 Å². The molecule has 2 aromatic carbocycles. The molecular weight excluding hydrogens is 278 g/mol. The Kier molecular flexibility index (Phi) is 2.96. The molecule has 3 aromatic rings. The second kappa shape index (κ2) is 4.98. The minimum absolute atomic E-state index is 0.130. The van der Waals surface area contributed by atoms with Crippen molar-refractivity contribution in [2.45, 2.75) is 12.8 Å². The van der Waals surface area contributed by atoms with Crippen LogP contribution in [0.4, 0.5) is 5.88 Å². The van der Waals surface area contributed by atoms with E-state index in [4.69, 9.17) is 4.42 Å². The van der Waals surface area contributed by atoms with Crippen LogP contribution in [0.25, 0.3) is 21.7 Å². The zero-order valence-corrected chi connectivity index (χ0v) is 12.0. The third-order valence-electron chi connectivity index (χ3n) is 4.31. The van der Waals surface area contributed by atoms with Crippen LogP contribution in [-0.2, 0) is 0 Å². The number of fused-ring (bicyclic) bond motifs is 3. The van der Waals surface area contributed by atoms with Gasteiger partial charge < -0.3 is 9.32 Å². The highest BCUT2D eigenvalue weighted by molar-refractivity contribution is 6.07. The van der Waals surface area contributed by atoms with Crippen molar-refractivity contribution in [1.29, 1.82) is 0 Å². The molecular formula is C18H15NO3. The quantitative estimate of drug-likeness (QED) is 0.537. The minimum atomic E-state index is -0.241. The first kappa shape index (κ1) is 13.1. The summed E-state index contributed by atoms with van der Waals surface area (Å²) >= 11 is 0. The summed E-state index contributed by atoms with van der Waals surface area (Å²) in [7, 11) is 0. The summed E-state index contributed by atoms with van der Waals surface area (Å²) in [6.45, 7) is 1.64. The average molecular weight is 293 g/mol. The molecule has 0 N–H and O–H groups in total. The monoisotopic (exact) mass is 293 g/mol. The number of benzene rings is 2. The largest absolute Gasteiger partial charge is 0.439 e. The number of nitrogens with zero attached hydrogens (tertiary/aromatic N) is 1. The van der Waals surface area contributed by atoms with Crippen LogP contribution in [0.1, 0.15) is 23.2 Å². The Bertz CT molecular complexity index is 936. The van der Waals surface area contributed by atoms with Crippen LogP contribution < -0.4 is 10.3 Å². The molecule has 0 spiro atoms. The third kappa shape index (κ3) is 1.84. The predicted molar refractivity (Wildman–Crippen MR) is 86.8 cm³/mol. The van der Waals surface area contributed by atoms with Crippen molar-refractivity contribution in [3.8, 4) is 0 Å². The van der Waals surface area contributed by atoms with E-state index >= 15 is 0 Å². The number of aldehydes is 1. The highest BCUT2D eigenvalue weighted by atomic mass is 16.4. The van der Waals surface area contributed by atoms with Crippen LogP contribution in [0, 0.1) is 0 Å². The van der Waals surface area contributed by atoms with Gasteiger partial charge in [0.15, 0.2) is 6.29 Å². The fourth-order valence-corrected chi connectivity index (χ4v) is 3.22. The molecule has 1 aliphatic rings. The maximum atomic E-state index is 12.8. The standard InChI is InChI=1S/C18H15NO3/c20-11-14-17(21)16-13-6-2-1-5-12(13)7-8-15(16)22-18(14)19-9-3-4-10-19/h1-2,5-8,11H,3-4,9-10H2. The molecule has 2 heterocycles. The number of hydrogen-bond acceptors (Lipinski definition) is 4. The van der Waals surface area contributed by atoms with Crippen molar-refractivity contribution in [3.05, 3.63) is 52.2 Å². The van der Waals surface area contributed by atoms with Gasteiger partial charge in [0.25, 0.3) is 0 Å². The van der Waals surface area contributed by atoms with Crippen molar-refractivity contribution in [1.82, 2.24) is 0 Å². The maximum absolute atomic E-state index is 12.8. The minimum Gasteiger partial charge on any atom is -0.439 e. The molecule has 0 radical (unpaired) electrons. The van der Waals surface area contributed by atoms with E-state index in [0.717, 1.165) is 36.7 Å². The van der Waals surface area contributed by atoms with Gasteiger partial charge >= 0.3 is 0 Å². The fraction of sp³-hybridized carbons (Fsp3) is 0.222. The first-order valence-corrected chi connectivity index (χ1v) is 7.48. The molecule has 4 nitrogen and oxygen atoms in total. The van der Waals surface area contributed by atoms with Crippen LogP contribution in [0.3, 0.4) is 0 Å². The van der Waals surface area contributed by atoms with Crippen molar-refractivity contribution in [2.75, 3.05) is 18.0 Å². The third-order valence-corrected chi connectivity index (χ3v) is 4.31. The molecule has 0 amide bonds. The SMILES string of the molecule is O=Cc1c(N2CCCC2)oc2ccc3ccccc3c2c1=O. The van der Waals surface area contributed by atoms with Crippen LogP contribution >= 0.6 is 0 Å². The summed E-state index contributed by atoms with van der Waals surface area (Å²) in [4.78, 5) is 26.3. The predicted octanol–water partition coefficient (Wildman–Crippen LogP) is 3.36. The molecule has 0 atom stereocenters. The van der Waals surface area contributed by atoms with E-state index in [1.807, 2.05) is 41.3 Å². The maximum Gasteiger partial charge on any atom is 0.210 e. The molecule has 1 aliphatic heterocycles. The summed E-state index contributed by atoms with van der Waals surface area (Å²) in [6.07, 6.45) is 2.73. The lowest BCUT2D eigenvalue weighted by molar-refractivity contribution is 0.112. The highest BCUT2D eigenvalue weighted by Gasteiger charge is 2.22. The second-order valence-corrected chi connectivity index (χ2v) is 5.62. The number of carbonyl (C=O) groups excluding carboxylic acids is 1. The summed E-state index contributed by atoms with van der Waals surface area (Å²) in [5, 5.41) is 2.28. The Morgan fingerprint density at radius 2 is 1.82 bits per heavy atom. The van der Waals surface area contributed by atoms with Crippen molar-refractivity contribution in [3.63, 3.8) is 0 Å². The van der Waals surface area contributed by atoms with Gasteiger partial charge in [-0.2, -0.15) is 0 Å². The van der Waals surface area contributed by atoms with Crippen LogP contribution in [-0.4, -0.2) is 19.4 Å². The molecule has 0 unspecified atom stereocenters. The number of anilines is 1. The molecule has 1 fully saturated rings. The lowest BCUT2D eigenvalue weighted by Crippen LogP contribution is -2.23. The average Bonchev–Trinajstić information content (AvgIpc) is 3.08. The molecule has 110 valence electrons. The summed E-state index contributed by atoms with van der Waals surface area (Å²) in [5.74, 6) is 0.417. The molecule has 0 aliphatic carbocycles. The molecule has 1 aromatic heterocycles. The number of hydrogen-bond donors (Lipinski definition) is 0. The molecule has 22 heavy (non-hydrogen) atoms. The first-order valence-electron chi connectivity index (χ1n) is 7.48. The van der Waals surface area contributed by atoms with E-state index in [1.165, 1.54) is 0 Å². The zero-order valence-electron chi connectivity index (χ0n) is 12.0. The topological polar surface area (TPSA) is 50.5 Å². The smallest absolute Gasteiger partial charge is 0.210 e. The van der Waals surface area contributed by atoms with Crippen LogP contribution in [0.5, 0.6) is 0 Å². The van der Waals surface area contributed by atoms with Crippen molar-refractivity contribution < 1.29 is 9.21 Å². The van der Waals surface area contributed by atoms with Crippen molar-refractivity contribution in [2.24, 2.45) is 0 Å². The van der Waals surface area contributed by atoms with Gasteiger partial charge in [-0.3, -0.25) is 9.59 Å². The lowest BCUT2D eigenvalue weighted by Gasteiger charge is -2.18. The number of rotatable bonds is 2. The summed E-state index contributed by atoms with van der Waals surface area (Å²) in [6, 6.07) is 11.4. The first-order chi connectivity index (χ1) is 10.8. The molecule has 4 rings (SSSR count). The van der Waals surface area contributed by atoms with Crippen LogP contribution in [0.2, 0.25) is 0 Å². The van der Waals surface area contributed by atoms with Gasteiger partial charge in [-0.05, 0) is 29.7 Å². The van der Waals surface area contributed by atoms with E-state index in [9.17, 15) is 9.59 Å². The Morgan fingerprint density at radius 3 is 2.59 bits per heavy atom. The fourth-order valence-electron chi connectivity index (χ4n) is 3.22. The highest BCUT2D eigenvalue weighted by Crippen LogP contribution is 2.29. The normalized spacial score (nSPS) is 14.8. The Morgan fingerprint density at radius 1 is 1.05 bits per heavy atom. The summed E-state index contributed by atoms with van der Waals surface area (Å²) < 4.78 is 5.95. The molecule has 0 bridgehead atoms. The van der Waals surface area contributed by atoms with Crippen molar-refractivity contribution >= 4 is 33.9 Å². The van der Waals surface area contributed by atoms with Crippen LogP contribution in [0.15, 0.2) is 45.6 Å². The van der Waals surface area contributed by atoms with E-state index in [0.29, 0.717) is 23.1 Å². The molecule has 4 heteroatoms.